The van der Waals surface area contributed by atoms with Crippen LogP contribution in [0, 0.1) is 5.92 Å². The van der Waals surface area contributed by atoms with Gasteiger partial charge in [0, 0.05) is 12.3 Å². The molecule has 0 radical (unpaired) electrons. The Balaban J connectivity index is 2.17. The lowest BCUT2D eigenvalue weighted by atomic mass is 10.2. The second-order valence-electron chi connectivity index (χ2n) is 2.38. The van der Waals surface area contributed by atoms with Crippen molar-refractivity contribution in [1.29, 1.82) is 0 Å². The Morgan fingerprint density at radius 3 is 3.38 bits per heavy atom. The highest BCUT2D eigenvalue weighted by Gasteiger charge is 2.04. The molecule has 8 heavy (non-hydrogen) atoms. The lowest BCUT2D eigenvalue weighted by molar-refractivity contribution is 0.586. The zero-order valence-electron chi connectivity index (χ0n) is 5.31. The maximum absolute atomic E-state index is 3.38. The average molecular weight is 131 g/mol. The molecular formula is C6H13NS. The van der Waals surface area contributed by atoms with Gasteiger partial charge >= 0.3 is 0 Å². The van der Waals surface area contributed by atoms with Gasteiger partial charge in [-0.1, -0.05) is 6.92 Å². The van der Waals surface area contributed by atoms with Gasteiger partial charge < -0.3 is 5.32 Å². The predicted molar refractivity (Wildman–Crippen MR) is 39.4 cm³/mol. The molecule has 0 amide bonds. The van der Waals surface area contributed by atoms with E-state index in [4.69, 9.17) is 0 Å². The molecule has 1 aliphatic heterocycles. The highest BCUT2D eigenvalue weighted by Crippen LogP contribution is 2.08. The van der Waals surface area contributed by atoms with E-state index in [1.54, 1.807) is 0 Å². The monoisotopic (exact) mass is 131 g/mol. The molecule has 0 bridgehead atoms. The van der Waals surface area contributed by atoms with Crippen LogP contribution in [0.2, 0.25) is 0 Å². The highest BCUT2D eigenvalue weighted by molar-refractivity contribution is 7.99. The third-order valence-electron chi connectivity index (χ3n) is 1.32. The maximum Gasteiger partial charge on any atom is 0.00582 e. The van der Waals surface area contributed by atoms with Crippen molar-refractivity contribution in [3.8, 4) is 0 Å². The van der Waals surface area contributed by atoms with Crippen LogP contribution < -0.4 is 5.32 Å². The first-order valence-corrected chi connectivity index (χ1v) is 4.33. The van der Waals surface area contributed by atoms with Crippen molar-refractivity contribution in [2.75, 3.05) is 24.6 Å². The largest absolute Gasteiger partial charge is 0.316 e. The second kappa shape index (κ2) is 3.36. The Morgan fingerprint density at radius 2 is 2.50 bits per heavy atom. The minimum atomic E-state index is 0.877. The molecule has 1 heterocycles. The molecule has 1 atom stereocenters. The number of thioether (sulfide) groups is 1. The fourth-order valence-corrected chi connectivity index (χ4v) is 1.81. The first kappa shape index (κ1) is 6.43. The minimum Gasteiger partial charge on any atom is -0.316 e. The van der Waals surface area contributed by atoms with E-state index in [0.29, 0.717) is 0 Å². The zero-order valence-corrected chi connectivity index (χ0v) is 6.13. The number of rotatable bonds is 0. The summed E-state index contributed by atoms with van der Waals surface area (Å²) in [7, 11) is 0. The summed E-state index contributed by atoms with van der Waals surface area (Å²) >= 11 is 2.06. The summed E-state index contributed by atoms with van der Waals surface area (Å²) in [5.41, 5.74) is 0. The van der Waals surface area contributed by atoms with Crippen LogP contribution in [0.5, 0.6) is 0 Å². The van der Waals surface area contributed by atoms with Gasteiger partial charge in [0.05, 0.1) is 0 Å². The Hall–Kier alpha value is 0.310. The van der Waals surface area contributed by atoms with Crippen LogP contribution in [0.4, 0.5) is 0 Å². The van der Waals surface area contributed by atoms with Crippen LogP contribution in [-0.4, -0.2) is 24.6 Å². The fourth-order valence-electron chi connectivity index (χ4n) is 0.836. The lowest BCUT2D eigenvalue weighted by Gasteiger charge is -2.03. The molecular weight excluding hydrogens is 118 g/mol. The first-order valence-electron chi connectivity index (χ1n) is 3.18. The van der Waals surface area contributed by atoms with E-state index < -0.39 is 0 Å². The predicted octanol–water partition coefficient (Wildman–Crippen LogP) is 0.959. The smallest absolute Gasteiger partial charge is 0.00582 e. The third kappa shape index (κ3) is 2.05. The topological polar surface area (TPSA) is 12.0 Å². The molecule has 0 aromatic heterocycles. The van der Waals surface area contributed by atoms with E-state index in [-0.39, 0.29) is 0 Å². The summed E-state index contributed by atoms with van der Waals surface area (Å²) in [6.45, 7) is 4.72. The maximum atomic E-state index is 3.38. The fraction of sp³-hybridized carbons (Fsp3) is 1.00. The van der Waals surface area contributed by atoms with Gasteiger partial charge in [-0.15, -0.1) is 0 Å². The van der Waals surface area contributed by atoms with E-state index in [1.807, 2.05) is 0 Å². The summed E-state index contributed by atoms with van der Waals surface area (Å²) in [4.78, 5) is 0. The Labute approximate surface area is 55.2 Å². The van der Waals surface area contributed by atoms with Gasteiger partial charge in [0.25, 0.3) is 0 Å². The number of hydrogen-bond acceptors (Lipinski definition) is 2. The molecule has 0 saturated carbocycles. The molecule has 1 saturated heterocycles. The summed E-state index contributed by atoms with van der Waals surface area (Å²) in [6, 6.07) is 0. The van der Waals surface area contributed by atoms with Crippen molar-refractivity contribution in [3.05, 3.63) is 0 Å². The number of hydrogen-bond donors (Lipinski definition) is 1. The second-order valence-corrected chi connectivity index (χ2v) is 3.53. The van der Waals surface area contributed by atoms with Gasteiger partial charge in [0.1, 0.15) is 0 Å². The van der Waals surface area contributed by atoms with Crippen molar-refractivity contribution in [3.63, 3.8) is 0 Å². The summed E-state index contributed by atoms with van der Waals surface area (Å²) in [5, 5.41) is 3.38. The molecule has 1 aliphatic rings. The minimum absolute atomic E-state index is 0.877. The van der Waals surface area contributed by atoms with Gasteiger partial charge in [-0.3, -0.25) is 0 Å². The summed E-state index contributed by atoms with van der Waals surface area (Å²) < 4.78 is 0. The summed E-state index contributed by atoms with van der Waals surface area (Å²) in [6.07, 6.45) is 0. The van der Waals surface area contributed by atoms with Gasteiger partial charge in [-0.2, -0.15) is 11.8 Å². The SMILES string of the molecule is CC1CNCCSC1. The molecule has 1 rings (SSSR count). The van der Waals surface area contributed by atoms with Crippen molar-refractivity contribution in [2.24, 2.45) is 5.92 Å². The summed E-state index contributed by atoms with van der Waals surface area (Å²) in [5.74, 6) is 3.51. The zero-order chi connectivity index (χ0) is 5.82. The molecule has 1 unspecified atom stereocenters. The third-order valence-corrected chi connectivity index (χ3v) is 2.62. The molecule has 1 fully saturated rings. The molecule has 48 valence electrons. The molecule has 1 N–H and O–H groups in total. The van der Waals surface area contributed by atoms with E-state index in [9.17, 15) is 0 Å². The van der Waals surface area contributed by atoms with Crippen molar-refractivity contribution in [2.45, 2.75) is 6.92 Å². The van der Waals surface area contributed by atoms with E-state index in [2.05, 4.69) is 24.0 Å². The number of nitrogens with one attached hydrogen (secondary N) is 1. The first-order chi connectivity index (χ1) is 3.89. The van der Waals surface area contributed by atoms with Crippen LogP contribution >= 0.6 is 11.8 Å². The van der Waals surface area contributed by atoms with Gasteiger partial charge in [-0.05, 0) is 18.2 Å². The Bertz CT molecular complexity index is 57.5. The normalized spacial score (nSPS) is 31.9. The van der Waals surface area contributed by atoms with E-state index in [0.717, 1.165) is 5.92 Å². The van der Waals surface area contributed by atoms with Crippen LogP contribution in [0.25, 0.3) is 0 Å². The molecule has 2 heteroatoms. The quantitative estimate of drug-likeness (QED) is 0.525. The van der Waals surface area contributed by atoms with Crippen molar-refractivity contribution < 1.29 is 0 Å². The molecule has 0 spiro atoms. The van der Waals surface area contributed by atoms with Crippen LogP contribution in [0.3, 0.4) is 0 Å². The van der Waals surface area contributed by atoms with Crippen LogP contribution in [-0.2, 0) is 0 Å². The van der Waals surface area contributed by atoms with Gasteiger partial charge in [-0.25, -0.2) is 0 Å². The average Bonchev–Trinajstić information content (AvgIpc) is 1.94. The van der Waals surface area contributed by atoms with Gasteiger partial charge in [0.2, 0.25) is 0 Å². The lowest BCUT2D eigenvalue weighted by Crippen LogP contribution is -2.20. The molecule has 0 aromatic carbocycles. The standard InChI is InChI=1S/C6H13NS/c1-6-4-7-2-3-8-5-6/h6-7H,2-5H2,1H3. The Morgan fingerprint density at radius 1 is 1.62 bits per heavy atom. The van der Waals surface area contributed by atoms with Crippen LogP contribution in [0.15, 0.2) is 0 Å². The molecule has 0 aromatic rings. The molecule has 1 nitrogen and oxygen atoms in total. The van der Waals surface area contributed by atoms with E-state index >= 15 is 0 Å². The Kier molecular flexibility index (Phi) is 2.70. The van der Waals surface area contributed by atoms with E-state index in [1.165, 1.54) is 24.6 Å². The van der Waals surface area contributed by atoms with Crippen molar-refractivity contribution in [1.82, 2.24) is 5.32 Å². The molecule has 0 aliphatic carbocycles. The van der Waals surface area contributed by atoms with Crippen molar-refractivity contribution >= 4 is 11.8 Å². The highest BCUT2D eigenvalue weighted by atomic mass is 32.2. The van der Waals surface area contributed by atoms with Crippen LogP contribution in [0.1, 0.15) is 6.92 Å². The van der Waals surface area contributed by atoms with Gasteiger partial charge in [0.15, 0.2) is 0 Å².